The lowest BCUT2D eigenvalue weighted by Crippen LogP contribution is -2.14. The summed E-state index contributed by atoms with van der Waals surface area (Å²) in [5.74, 6) is -1.55. The van der Waals surface area contributed by atoms with Crippen molar-refractivity contribution in [3.05, 3.63) is 12.2 Å². The minimum atomic E-state index is -1.13. The van der Waals surface area contributed by atoms with Crippen molar-refractivity contribution < 1.29 is 14.7 Å². The van der Waals surface area contributed by atoms with Crippen molar-refractivity contribution in [3.8, 4) is 0 Å². The fourth-order valence-electron chi connectivity index (χ4n) is 0.230. The van der Waals surface area contributed by atoms with Gasteiger partial charge in [-0.2, -0.15) is 0 Å². The van der Waals surface area contributed by atoms with Gasteiger partial charge in [0.05, 0.1) is 0 Å². The molecule has 0 aliphatic rings. The number of nitrogens with one attached hydrogen (secondary N) is 1. The number of carbonyl (C=O) groups excluding carboxylic acids is 1. The van der Waals surface area contributed by atoms with Crippen molar-refractivity contribution in [1.29, 1.82) is 0 Å². The molecule has 0 aliphatic carbocycles. The summed E-state index contributed by atoms with van der Waals surface area (Å²) in [7, 11) is 1.43. The highest BCUT2D eigenvalue weighted by molar-refractivity contribution is 5.93. The van der Waals surface area contributed by atoms with Gasteiger partial charge in [0.2, 0.25) is 5.91 Å². The summed E-state index contributed by atoms with van der Waals surface area (Å²) in [6.45, 7) is 0. The van der Waals surface area contributed by atoms with Crippen LogP contribution in [0, 0.1) is 0 Å². The second-order valence-corrected chi connectivity index (χ2v) is 1.29. The van der Waals surface area contributed by atoms with Crippen LogP contribution in [0.5, 0.6) is 0 Å². The Morgan fingerprint density at radius 2 is 2.00 bits per heavy atom. The highest BCUT2D eigenvalue weighted by Gasteiger charge is 1.89. The minimum Gasteiger partial charge on any atom is -0.478 e. The number of likely N-dealkylation sites (N-methyl/N-ethyl adjacent to an activating group) is 1. The van der Waals surface area contributed by atoms with E-state index in [1.54, 1.807) is 0 Å². The van der Waals surface area contributed by atoms with E-state index in [0.29, 0.717) is 0 Å². The molecule has 0 rings (SSSR count). The van der Waals surface area contributed by atoms with Crippen molar-refractivity contribution in [1.82, 2.24) is 5.32 Å². The van der Waals surface area contributed by atoms with Crippen LogP contribution in [0.4, 0.5) is 0 Å². The zero-order valence-corrected chi connectivity index (χ0v) is 4.92. The van der Waals surface area contributed by atoms with E-state index in [9.17, 15) is 9.59 Å². The van der Waals surface area contributed by atoms with E-state index in [4.69, 9.17) is 5.11 Å². The number of carbonyl (C=O) groups is 2. The molecule has 0 radical (unpaired) electrons. The maximum absolute atomic E-state index is 10.3. The van der Waals surface area contributed by atoms with E-state index in [2.05, 4.69) is 5.32 Å². The Kier molecular flexibility index (Phi) is 3.12. The third kappa shape index (κ3) is 4.53. The van der Waals surface area contributed by atoms with Gasteiger partial charge in [-0.25, -0.2) is 4.79 Å². The number of hydrogen-bond acceptors (Lipinski definition) is 2. The normalized spacial score (nSPS) is 9.44. The van der Waals surface area contributed by atoms with Crippen LogP contribution in [0.3, 0.4) is 0 Å². The van der Waals surface area contributed by atoms with Crippen LogP contribution in [0.15, 0.2) is 12.2 Å². The molecule has 0 aromatic rings. The third-order valence-electron chi connectivity index (χ3n) is 0.624. The minimum absolute atomic E-state index is 0.419. The Morgan fingerprint density at radius 1 is 1.44 bits per heavy atom. The Morgan fingerprint density at radius 3 is 2.33 bits per heavy atom. The first kappa shape index (κ1) is 7.68. The van der Waals surface area contributed by atoms with Crippen LogP contribution in [0.1, 0.15) is 0 Å². The Bertz CT molecular complexity index is 150. The first-order chi connectivity index (χ1) is 4.16. The average Bonchev–Trinajstić information content (AvgIpc) is 1.83. The number of amides is 1. The Hall–Kier alpha value is -1.32. The van der Waals surface area contributed by atoms with E-state index in [-0.39, 0.29) is 0 Å². The second kappa shape index (κ2) is 3.65. The number of rotatable bonds is 2. The van der Waals surface area contributed by atoms with Gasteiger partial charge in [0, 0.05) is 19.2 Å². The molecule has 0 atom stereocenters. The van der Waals surface area contributed by atoms with Crippen molar-refractivity contribution in [2.45, 2.75) is 0 Å². The maximum atomic E-state index is 10.3. The molecule has 0 bridgehead atoms. The molecule has 0 saturated carbocycles. The molecule has 50 valence electrons. The van der Waals surface area contributed by atoms with Gasteiger partial charge in [-0.05, 0) is 0 Å². The van der Waals surface area contributed by atoms with Crippen molar-refractivity contribution in [2.24, 2.45) is 0 Å². The molecule has 1 amide bonds. The maximum Gasteiger partial charge on any atom is 0.328 e. The molecule has 2 N–H and O–H groups in total. The first-order valence-corrected chi connectivity index (χ1v) is 2.29. The largest absolute Gasteiger partial charge is 0.478 e. The number of aliphatic carboxylic acids is 1. The average molecular weight is 129 g/mol. The zero-order chi connectivity index (χ0) is 7.28. The van der Waals surface area contributed by atoms with Gasteiger partial charge in [-0.3, -0.25) is 4.79 Å². The fraction of sp³-hybridized carbons (Fsp3) is 0.200. The molecular weight excluding hydrogens is 122 g/mol. The number of carboxylic acid groups (broad SMARTS) is 1. The Balaban J connectivity index is 3.71. The molecule has 0 saturated heterocycles. The summed E-state index contributed by atoms with van der Waals surface area (Å²) in [5.41, 5.74) is 0. The summed E-state index contributed by atoms with van der Waals surface area (Å²) < 4.78 is 0. The first-order valence-electron chi connectivity index (χ1n) is 2.29. The molecular formula is C5H7NO3. The van der Waals surface area contributed by atoms with E-state index >= 15 is 0 Å². The predicted molar refractivity (Wildman–Crippen MR) is 30.8 cm³/mol. The molecule has 0 fully saturated rings. The van der Waals surface area contributed by atoms with Gasteiger partial charge in [-0.15, -0.1) is 0 Å². The quantitative estimate of drug-likeness (QED) is 0.488. The van der Waals surface area contributed by atoms with Crippen LogP contribution in [0.2, 0.25) is 0 Å². The van der Waals surface area contributed by atoms with E-state index in [1.807, 2.05) is 0 Å². The lowest BCUT2D eigenvalue weighted by Gasteiger charge is -1.85. The van der Waals surface area contributed by atoms with E-state index in [0.717, 1.165) is 12.2 Å². The fourth-order valence-corrected chi connectivity index (χ4v) is 0.230. The third-order valence-corrected chi connectivity index (χ3v) is 0.624. The van der Waals surface area contributed by atoms with Gasteiger partial charge in [0.1, 0.15) is 0 Å². The van der Waals surface area contributed by atoms with Crippen LogP contribution in [-0.2, 0) is 9.59 Å². The molecule has 4 nitrogen and oxygen atoms in total. The SMILES string of the molecule is CNC(=O)C=CC(=O)O. The molecule has 0 aromatic heterocycles. The zero-order valence-electron chi connectivity index (χ0n) is 4.92. The Labute approximate surface area is 52.2 Å². The lowest BCUT2D eigenvalue weighted by molar-refractivity contribution is -0.131. The van der Waals surface area contributed by atoms with Crippen LogP contribution in [-0.4, -0.2) is 24.0 Å². The molecule has 0 spiro atoms. The predicted octanol–water partition coefficient (Wildman–Crippen LogP) is -0.627. The molecule has 0 aromatic carbocycles. The monoisotopic (exact) mass is 129 g/mol. The summed E-state index contributed by atoms with van der Waals surface area (Å²) in [4.78, 5) is 20.0. The van der Waals surface area contributed by atoms with Crippen molar-refractivity contribution >= 4 is 11.9 Å². The van der Waals surface area contributed by atoms with Gasteiger partial charge >= 0.3 is 5.97 Å². The topological polar surface area (TPSA) is 66.4 Å². The summed E-state index contributed by atoms with van der Waals surface area (Å²) in [5, 5.41) is 10.2. The second-order valence-electron chi connectivity index (χ2n) is 1.29. The standard InChI is InChI=1S/C5H7NO3/c1-6-4(7)2-3-5(8)9/h2-3H,1H3,(H,6,7)(H,8,9). The van der Waals surface area contributed by atoms with Crippen molar-refractivity contribution in [2.75, 3.05) is 7.05 Å². The van der Waals surface area contributed by atoms with Crippen LogP contribution in [0.25, 0.3) is 0 Å². The van der Waals surface area contributed by atoms with Gasteiger partial charge in [0.25, 0.3) is 0 Å². The lowest BCUT2D eigenvalue weighted by atomic mass is 10.5. The van der Waals surface area contributed by atoms with E-state index in [1.165, 1.54) is 7.05 Å². The molecule has 0 unspecified atom stereocenters. The van der Waals surface area contributed by atoms with Gasteiger partial charge < -0.3 is 10.4 Å². The summed E-state index contributed by atoms with van der Waals surface area (Å²) in [6, 6.07) is 0. The smallest absolute Gasteiger partial charge is 0.328 e. The highest BCUT2D eigenvalue weighted by Crippen LogP contribution is 1.71. The van der Waals surface area contributed by atoms with Gasteiger partial charge in [0.15, 0.2) is 0 Å². The van der Waals surface area contributed by atoms with Crippen molar-refractivity contribution in [3.63, 3.8) is 0 Å². The molecule has 9 heavy (non-hydrogen) atoms. The molecule has 0 aliphatic heterocycles. The van der Waals surface area contributed by atoms with Crippen LogP contribution < -0.4 is 5.32 Å². The molecule has 0 heterocycles. The van der Waals surface area contributed by atoms with Gasteiger partial charge in [-0.1, -0.05) is 0 Å². The summed E-state index contributed by atoms with van der Waals surface area (Å²) >= 11 is 0. The number of hydrogen-bond donors (Lipinski definition) is 2. The highest BCUT2D eigenvalue weighted by atomic mass is 16.4. The molecule has 4 heteroatoms. The van der Waals surface area contributed by atoms with E-state index < -0.39 is 11.9 Å². The summed E-state index contributed by atoms with van der Waals surface area (Å²) in [6.07, 6.45) is 1.72. The number of carboxylic acids is 1. The van der Waals surface area contributed by atoms with Crippen LogP contribution >= 0.6 is 0 Å².